The average Bonchev–Trinajstić information content (AvgIpc) is 2.90. The lowest BCUT2D eigenvalue weighted by atomic mass is 9.78. The van der Waals surface area contributed by atoms with E-state index in [0.717, 1.165) is 20.5 Å². The van der Waals surface area contributed by atoms with E-state index in [1.54, 1.807) is 0 Å². The Morgan fingerprint density at radius 3 is 2.70 bits per heavy atom. The summed E-state index contributed by atoms with van der Waals surface area (Å²) in [5.41, 5.74) is 4.79. The number of carbonyl (C=O) groups excluding carboxylic acids is 2. The normalized spacial score (nSPS) is 23.5. The Hall–Kier alpha value is -1.67. The topological polar surface area (TPSA) is 64.6 Å². The molecule has 1 atom stereocenters. The van der Waals surface area contributed by atoms with Gasteiger partial charge in [0.05, 0.1) is 17.9 Å². The van der Waals surface area contributed by atoms with Gasteiger partial charge in [0, 0.05) is 20.8 Å². The molecule has 0 aromatic heterocycles. The molecule has 3 heterocycles. The summed E-state index contributed by atoms with van der Waals surface area (Å²) >= 11 is 2.27. The highest BCUT2D eigenvalue weighted by atomic mass is 125. The van der Waals surface area contributed by atoms with Crippen molar-refractivity contribution >= 4 is 34.3 Å². The third-order valence-corrected chi connectivity index (χ3v) is 5.57. The van der Waals surface area contributed by atoms with Crippen LogP contribution < -0.4 is 5.32 Å². The Bertz CT molecular complexity index is 809. The number of nitrogens with one attached hydrogen (secondary N) is 1. The van der Waals surface area contributed by atoms with Gasteiger partial charge in [-0.1, -0.05) is 12.1 Å². The molecule has 3 aliphatic rings. The van der Waals surface area contributed by atoms with Crippen LogP contribution in [0.15, 0.2) is 40.7 Å². The first-order valence-electron chi connectivity index (χ1n) is 7.33. The standard InChI is InChI=1S/C17H14INO4/c1-8-2-3-9(4-10(8)18)14-15-11(5-22-7-13(15)20)19-12-6-23-17(21)16(12)14/h2-4,14,19H,5-7H2,1H3/t14-/m1/s1/i18-2. The molecular weight excluding hydrogens is 407 g/mol. The molecule has 1 aromatic carbocycles. The number of ketones is 1. The van der Waals surface area contributed by atoms with Crippen LogP contribution in [0.3, 0.4) is 0 Å². The zero-order valence-corrected chi connectivity index (χ0v) is 14.6. The molecule has 6 heteroatoms. The molecule has 1 aromatic rings. The molecule has 0 spiro atoms. The lowest BCUT2D eigenvalue weighted by Gasteiger charge is -2.32. The van der Waals surface area contributed by atoms with E-state index in [2.05, 4.69) is 27.9 Å². The average molecular weight is 421 g/mol. The van der Waals surface area contributed by atoms with Gasteiger partial charge in [0.15, 0.2) is 5.78 Å². The molecule has 0 saturated heterocycles. The van der Waals surface area contributed by atoms with Gasteiger partial charge in [-0.25, -0.2) is 4.79 Å². The van der Waals surface area contributed by atoms with Gasteiger partial charge < -0.3 is 14.8 Å². The van der Waals surface area contributed by atoms with Gasteiger partial charge in [0.2, 0.25) is 0 Å². The lowest BCUT2D eigenvalue weighted by molar-refractivity contribution is -0.136. The Morgan fingerprint density at radius 2 is 1.91 bits per heavy atom. The minimum atomic E-state index is -0.373. The quantitative estimate of drug-likeness (QED) is 0.555. The second-order valence-corrected chi connectivity index (χ2v) is 7.01. The summed E-state index contributed by atoms with van der Waals surface area (Å²) in [7, 11) is 0. The highest BCUT2D eigenvalue weighted by Crippen LogP contribution is 2.42. The third kappa shape index (κ3) is 2.31. The van der Waals surface area contributed by atoms with Crippen molar-refractivity contribution in [2.75, 3.05) is 19.8 Å². The first kappa shape index (κ1) is 14.9. The summed E-state index contributed by atoms with van der Waals surface area (Å²) in [5, 5.41) is 3.17. The molecule has 0 saturated carbocycles. The largest absolute Gasteiger partial charge is 0.456 e. The SMILES string of the molecule is Cc1ccc([C@@H]2C3=C(COCC3=O)NC3=C2C(=O)OC3)cc1[125I]. The minimum absolute atomic E-state index is 0.0532. The number of aryl methyl sites for hydroxylation is 1. The molecule has 5 nitrogen and oxygen atoms in total. The molecule has 0 bridgehead atoms. The number of cyclic esters (lactones) is 1. The number of ether oxygens (including phenoxy) is 2. The number of dihydropyridines is 1. The van der Waals surface area contributed by atoms with E-state index in [9.17, 15) is 9.59 Å². The zero-order chi connectivity index (χ0) is 16.1. The number of hydrogen-bond donors (Lipinski definition) is 1. The number of rotatable bonds is 1. The van der Waals surface area contributed by atoms with Crippen molar-refractivity contribution in [1.82, 2.24) is 5.32 Å². The molecule has 0 aliphatic carbocycles. The Labute approximate surface area is 146 Å². The summed E-state index contributed by atoms with van der Waals surface area (Å²) < 4.78 is 11.6. The number of Topliss-reactive ketones (excluding diaryl/α,β-unsaturated/α-hetero) is 1. The fourth-order valence-corrected chi connectivity index (χ4v) is 3.81. The maximum absolute atomic E-state index is 12.5. The second kappa shape index (κ2) is 5.45. The van der Waals surface area contributed by atoms with Gasteiger partial charge >= 0.3 is 5.97 Å². The summed E-state index contributed by atoms with van der Waals surface area (Å²) in [5.74, 6) is -0.800. The summed E-state index contributed by atoms with van der Waals surface area (Å²) in [6.45, 7) is 2.66. The maximum Gasteiger partial charge on any atom is 0.337 e. The van der Waals surface area contributed by atoms with Gasteiger partial charge in [-0.3, -0.25) is 4.79 Å². The van der Waals surface area contributed by atoms with E-state index in [1.165, 1.54) is 5.56 Å². The smallest absolute Gasteiger partial charge is 0.337 e. The Morgan fingerprint density at radius 1 is 1.13 bits per heavy atom. The van der Waals surface area contributed by atoms with E-state index in [1.807, 2.05) is 25.1 Å². The first-order chi connectivity index (χ1) is 11.1. The van der Waals surface area contributed by atoms with Crippen LogP contribution in [0.1, 0.15) is 17.0 Å². The summed E-state index contributed by atoms with van der Waals surface area (Å²) in [4.78, 5) is 24.7. The number of halogens is 1. The highest BCUT2D eigenvalue weighted by Gasteiger charge is 2.43. The van der Waals surface area contributed by atoms with Crippen LogP contribution in [0, 0.1) is 10.5 Å². The van der Waals surface area contributed by atoms with E-state index in [0.29, 0.717) is 17.8 Å². The van der Waals surface area contributed by atoms with Crippen LogP contribution in [0.2, 0.25) is 0 Å². The minimum Gasteiger partial charge on any atom is -0.456 e. The van der Waals surface area contributed by atoms with Crippen molar-refractivity contribution in [3.8, 4) is 0 Å². The molecule has 0 fully saturated rings. The molecule has 4 rings (SSSR count). The number of hydrogen-bond acceptors (Lipinski definition) is 5. The Kier molecular flexibility index (Phi) is 3.53. The summed E-state index contributed by atoms with van der Waals surface area (Å²) in [6.07, 6.45) is 0. The zero-order valence-electron chi connectivity index (χ0n) is 12.4. The van der Waals surface area contributed by atoms with Crippen molar-refractivity contribution in [3.05, 3.63) is 55.4 Å². The van der Waals surface area contributed by atoms with Gasteiger partial charge in [-0.15, -0.1) is 0 Å². The van der Waals surface area contributed by atoms with Crippen molar-refractivity contribution in [2.24, 2.45) is 0 Å². The molecular formula is C17H14INO4. The van der Waals surface area contributed by atoms with Crippen molar-refractivity contribution in [3.63, 3.8) is 0 Å². The molecule has 0 radical (unpaired) electrons. The number of carbonyl (C=O) groups is 2. The van der Waals surface area contributed by atoms with Crippen LogP contribution in [0.25, 0.3) is 0 Å². The van der Waals surface area contributed by atoms with Crippen LogP contribution in [0.5, 0.6) is 0 Å². The van der Waals surface area contributed by atoms with Crippen molar-refractivity contribution in [1.29, 1.82) is 0 Å². The summed E-state index contributed by atoms with van der Waals surface area (Å²) in [6, 6.07) is 6.04. The molecule has 0 unspecified atom stereocenters. The number of esters is 1. The molecule has 23 heavy (non-hydrogen) atoms. The van der Waals surface area contributed by atoms with Crippen molar-refractivity contribution < 1.29 is 19.1 Å². The fraction of sp³-hybridized carbons (Fsp3) is 0.294. The number of benzene rings is 1. The predicted molar refractivity (Wildman–Crippen MR) is 90.6 cm³/mol. The van der Waals surface area contributed by atoms with Crippen LogP contribution in [-0.2, 0) is 19.1 Å². The van der Waals surface area contributed by atoms with Gasteiger partial charge in [-0.2, -0.15) is 0 Å². The van der Waals surface area contributed by atoms with Gasteiger partial charge in [-0.05, 0) is 46.7 Å². The third-order valence-electron chi connectivity index (χ3n) is 4.41. The van der Waals surface area contributed by atoms with Gasteiger partial charge in [0.1, 0.15) is 13.2 Å². The second-order valence-electron chi connectivity index (χ2n) is 5.84. The van der Waals surface area contributed by atoms with E-state index in [4.69, 9.17) is 9.47 Å². The van der Waals surface area contributed by atoms with Crippen LogP contribution in [0.4, 0.5) is 0 Å². The maximum atomic E-state index is 12.5. The highest BCUT2D eigenvalue weighted by molar-refractivity contribution is 14.1. The monoisotopic (exact) mass is 421 g/mol. The van der Waals surface area contributed by atoms with E-state index < -0.39 is 0 Å². The van der Waals surface area contributed by atoms with E-state index >= 15 is 0 Å². The van der Waals surface area contributed by atoms with Gasteiger partial charge in [0.25, 0.3) is 0 Å². The first-order valence-corrected chi connectivity index (χ1v) is 8.41. The van der Waals surface area contributed by atoms with E-state index in [-0.39, 0.29) is 30.9 Å². The van der Waals surface area contributed by atoms with Crippen LogP contribution in [-0.4, -0.2) is 31.6 Å². The van der Waals surface area contributed by atoms with Crippen LogP contribution >= 0.6 is 22.6 Å². The Balaban J connectivity index is 1.91. The molecule has 1 N–H and O–H groups in total. The van der Waals surface area contributed by atoms with Crippen molar-refractivity contribution in [2.45, 2.75) is 12.8 Å². The molecule has 118 valence electrons. The molecule has 3 aliphatic heterocycles. The lowest BCUT2D eigenvalue weighted by Crippen LogP contribution is -2.37. The predicted octanol–water partition coefficient (Wildman–Crippen LogP) is 1.95. The fourth-order valence-electron chi connectivity index (χ4n) is 3.27. The molecule has 0 amide bonds.